The van der Waals surface area contributed by atoms with Crippen LogP contribution in [0.15, 0.2) is 24.3 Å². The van der Waals surface area contributed by atoms with E-state index in [-0.39, 0.29) is 11.9 Å². The quantitative estimate of drug-likeness (QED) is 0.662. The third kappa shape index (κ3) is 3.11. The summed E-state index contributed by atoms with van der Waals surface area (Å²) in [5.74, 6) is 1.38. The first-order valence-corrected chi connectivity index (χ1v) is 8.42. The maximum Gasteiger partial charge on any atom is 0.247 e. The van der Waals surface area contributed by atoms with Crippen LogP contribution >= 0.6 is 12.2 Å². The monoisotopic (exact) mass is 361 g/mol. The number of nitrogens with zero attached hydrogens (tertiary/aromatic N) is 5. The third-order valence-corrected chi connectivity index (χ3v) is 4.60. The van der Waals surface area contributed by atoms with Crippen LogP contribution in [0.4, 0.5) is 11.9 Å². The minimum atomic E-state index is -0.307. The lowest BCUT2D eigenvalue weighted by atomic mass is 10.1. The van der Waals surface area contributed by atoms with E-state index < -0.39 is 0 Å². The second-order valence-corrected chi connectivity index (χ2v) is 6.25. The van der Waals surface area contributed by atoms with Crippen molar-refractivity contribution in [2.45, 2.75) is 6.17 Å². The Morgan fingerprint density at radius 2 is 2.12 bits per heavy atom. The van der Waals surface area contributed by atoms with Crippen LogP contribution in [0, 0.1) is 0 Å². The molecule has 10 heteroatoms. The van der Waals surface area contributed by atoms with E-state index in [4.69, 9.17) is 17.0 Å². The molecule has 132 valence electrons. The zero-order valence-corrected chi connectivity index (χ0v) is 14.5. The molecule has 1 aromatic heterocycles. The van der Waals surface area contributed by atoms with Gasteiger partial charge in [-0.25, -0.2) is 5.43 Å². The Kier molecular flexibility index (Phi) is 4.15. The lowest BCUT2D eigenvalue weighted by Crippen LogP contribution is -2.43. The van der Waals surface area contributed by atoms with Gasteiger partial charge in [-0.15, -0.1) is 5.10 Å². The van der Waals surface area contributed by atoms with E-state index in [9.17, 15) is 5.11 Å². The van der Waals surface area contributed by atoms with Crippen LogP contribution in [-0.2, 0) is 4.74 Å². The predicted octanol–water partition coefficient (Wildman–Crippen LogP) is 0.514. The summed E-state index contributed by atoms with van der Waals surface area (Å²) in [6.45, 7) is 2.82. The molecule has 9 nitrogen and oxygen atoms in total. The molecule has 2 aliphatic rings. The summed E-state index contributed by atoms with van der Waals surface area (Å²) in [4.78, 5) is 6.69. The highest BCUT2D eigenvalue weighted by Gasteiger charge is 2.27. The molecule has 0 spiro atoms. The second-order valence-electron chi connectivity index (χ2n) is 5.89. The van der Waals surface area contributed by atoms with Gasteiger partial charge >= 0.3 is 0 Å². The lowest BCUT2D eigenvalue weighted by Gasteiger charge is -2.26. The summed E-state index contributed by atoms with van der Waals surface area (Å²) in [6, 6.07) is 7.03. The minimum absolute atomic E-state index is 0.200. The molecule has 0 bridgehead atoms. The molecular weight excluding hydrogens is 342 g/mol. The first kappa shape index (κ1) is 16.1. The number of phenols is 1. The molecule has 3 heterocycles. The Hall–Kier alpha value is -2.43. The fourth-order valence-electron chi connectivity index (χ4n) is 2.84. The maximum absolute atomic E-state index is 9.75. The predicted molar refractivity (Wildman–Crippen MR) is 96.4 cm³/mol. The number of aromatic nitrogens is 3. The van der Waals surface area contributed by atoms with Crippen molar-refractivity contribution in [2.75, 3.05) is 43.6 Å². The molecule has 2 aliphatic heterocycles. The van der Waals surface area contributed by atoms with Gasteiger partial charge in [0.2, 0.25) is 17.0 Å². The Labute approximate surface area is 150 Å². The molecule has 1 unspecified atom stereocenters. The number of fused-ring (bicyclic) bond motifs is 1. The van der Waals surface area contributed by atoms with Gasteiger partial charge in [-0.2, -0.15) is 9.67 Å². The number of hydrogen-bond acceptors (Lipinski definition) is 8. The Bertz CT molecular complexity index is 790. The SMILES string of the molecule is CN1NC(c2cccc(O)c2)Nc2nc(N3CCOCC3)nn2C1=S. The number of morpholine rings is 1. The van der Waals surface area contributed by atoms with Gasteiger partial charge in [0.1, 0.15) is 11.9 Å². The summed E-state index contributed by atoms with van der Waals surface area (Å²) in [5, 5.41) is 19.8. The molecule has 0 amide bonds. The normalized spacial score (nSPS) is 20.8. The lowest BCUT2D eigenvalue weighted by molar-refractivity contribution is 0.122. The fourth-order valence-corrected chi connectivity index (χ4v) is 3.02. The van der Waals surface area contributed by atoms with E-state index in [0.29, 0.717) is 30.2 Å². The van der Waals surface area contributed by atoms with Crippen molar-refractivity contribution in [3.63, 3.8) is 0 Å². The molecule has 3 N–H and O–H groups in total. The smallest absolute Gasteiger partial charge is 0.247 e. The van der Waals surface area contributed by atoms with E-state index in [1.807, 2.05) is 13.1 Å². The van der Waals surface area contributed by atoms with E-state index >= 15 is 0 Å². The van der Waals surface area contributed by atoms with E-state index in [0.717, 1.165) is 18.7 Å². The molecule has 1 saturated heterocycles. The molecule has 1 atom stereocenters. The van der Waals surface area contributed by atoms with Crippen molar-refractivity contribution in [3.8, 4) is 5.75 Å². The molecule has 4 rings (SSSR count). The Balaban J connectivity index is 1.67. The van der Waals surface area contributed by atoms with Crippen LogP contribution in [0.1, 0.15) is 11.7 Å². The highest BCUT2D eigenvalue weighted by Crippen LogP contribution is 2.24. The number of nitrogens with one attached hydrogen (secondary N) is 2. The zero-order valence-electron chi connectivity index (χ0n) is 13.7. The van der Waals surface area contributed by atoms with Crippen molar-refractivity contribution >= 4 is 29.2 Å². The average Bonchev–Trinajstić information content (AvgIpc) is 3.00. The molecule has 0 radical (unpaired) electrons. The number of phenolic OH excluding ortho intramolecular Hbond substituents is 1. The topological polar surface area (TPSA) is 90.7 Å². The molecule has 1 aromatic carbocycles. The highest BCUT2D eigenvalue weighted by molar-refractivity contribution is 7.80. The summed E-state index contributed by atoms with van der Waals surface area (Å²) >= 11 is 5.50. The van der Waals surface area contributed by atoms with E-state index in [2.05, 4.69) is 25.7 Å². The van der Waals surface area contributed by atoms with Crippen molar-refractivity contribution < 1.29 is 9.84 Å². The van der Waals surface area contributed by atoms with Gasteiger partial charge in [-0.05, 0) is 29.9 Å². The molecular formula is C15H19N7O2S. The van der Waals surface area contributed by atoms with E-state index in [1.54, 1.807) is 27.9 Å². The Morgan fingerprint density at radius 3 is 2.88 bits per heavy atom. The summed E-state index contributed by atoms with van der Waals surface area (Å²) in [6.07, 6.45) is -0.307. The first-order chi connectivity index (χ1) is 12.1. The summed E-state index contributed by atoms with van der Waals surface area (Å²) < 4.78 is 6.99. The van der Waals surface area contributed by atoms with Gasteiger partial charge in [0.25, 0.3) is 0 Å². The van der Waals surface area contributed by atoms with Crippen LogP contribution in [0.2, 0.25) is 0 Å². The number of hydrazine groups is 1. The molecule has 2 aromatic rings. The van der Waals surface area contributed by atoms with Crippen molar-refractivity contribution in [1.82, 2.24) is 25.2 Å². The first-order valence-electron chi connectivity index (χ1n) is 8.01. The van der Waals surface area contributed by atoms with Gasteiger partial charge in [-0.3, -0.25) is 5.01 Å². The van der Waals surface area contributed by atoms with Crippen LogP contribution in [0.3, 0.4) is 0 Å². The minimum Gasteiger partial charge on any atom is -0.508 e. The molecule has 0 aliphatic carbocycles. The summed E-state index contributed by atoms with van der Waals surface area (Å²) in [7, 11) is 1.82. The Morgan fingerprint density at radius 1 is 1.32 bits per heavy atom. The molecule has 0 saturated carbocycles. The van der Waals surface area contributed by atoms with Crippen molar-refractivity contribution in [1.29, 1.82) is 0 Å². The standard InChI is InChI=1S/C15H19N7O2S/c1-20-15(25)22-13(17-14(19-22)21-5-7-24-8-6-21)16-12(18-20)10-3-2-4-11(23)9-10/h2-4,9,12,18,23H,5-8H2,1H3,(H,16,17,19). The average molecular weight is 361 g/mol. The largest absolute Gasteiger partial charge is 0.508 e. The zero-order chi connectivity index (χ0) is 17.4. The number of benzene rings is 1. The molecule has 25 heavy (non-hydrogen) atoms. The number of anilines is 2. The number of thiocarbonyl (C=S) groups is 1. The third-order valence-electron chi connectivity index (χ3n) is 4.16. The number of aromatic hydroxyl groups is 1. The van der Waals surface area contributed by atoms with Gasteiger partial charge in [-0.1, -0.05) is 12.1 Å². The molecule has 1 fully saturated rings. The number of ether oxygens (including phenoxy) is 1. The van der Waals surface area contributed by atoms with Crippen LogP contribution < -0.4 is 15.6 Å². The fraction of sp³-hybridized carbons (Fsp3) is 0.400. The van der Waals surface area contributed by atoms with Crippen molar-refractivity contribution in [3.05, 3.63) is 29.8 Å². The maximum atomic E-state index is 9.75. The van der Waals surface area contributed by atoms with E-state index in [1.165, 1.54) is 0 Å². The van der Waals surface area contributed by atoms with Gasteiger partial charge in [0.15, 0.2) is 0 Å². The second kappa shape index (κ2) is 6.47. The van der Waals surface area contributed by atoms with Crippen LogP contribution in [0.25, 0.3) is 0 Å². The summed E-state index contributed by atoms with van der Waals surface area (Å²) in [5.41, 5.74) is 4.10. The van der Waals surface area contributed by atoms with Crippen molar-refractivity contribution in [2.24, 2.45) is 0 Å². The van der Waals surface area contributed by atoms with Crippen LogP contribution in [-0.4, -0.2) is 63.3 Å². The van der Waals surface area contributed by atoms with Gasteiger partial charge in [0, 0.05) is 20.1 Å². The van der Waals surface area contributed by atoms with Gasteiger partial charge in [0.05, 0.1) is 13.2 Å². The van der Waals surface area contributed by atoms with Gasteiger partial charge < -0.3 is 20.1 Å². The number of rotatable bonds is 2. The number of hydrogen-bond donors (Lipinski definition) is 3. The van der Waals surface area contributed by atoms with Crippen LogP contribution in [0.5, 0.6) is 5.75 Å². The highest BCUT2D eigenvalue weighted by atomic mass is 32.1.